The van der Waals surface area contributed by atoms with Crippen LogP contribution in [0.3, 0.4) is 0 Å². The van der Waals surface area contributed by atoms with Crippen LogP contribution in [0, 0.1) is 13.8 Å². The summed E-state index contributed by atoms with van der Waals surface area (Å²) in [6.07, 6.45) is 0.293. The predicted octanol–water partition coefficient (Wildman–Crippen LogP) is 6.14. The molecule has 3 rings (SSSR count). The number of benzene rings is 3. The lowest BCUT2D eigenvalue weighted by atomic mass is 10.1. The molecule has 0 aliphatic rings. The number of halogens is 2. The molecule has 0 aromatic heterocycles. The van der Waals surface area contributed by atoms with Gasteiger partial charge in [-0.2, -0.15) is 0 Å². The molecular formula is C30H35Cl2N3O4S. The zero-order chi connectivity index (χ0) is 29.6. The molecule has 10 heteroatoms. The Kier molecular flexibility index (Phi) is 10.6. The van der Waals surface area contributed by atoms with E-state index in [1.165, 1.54) is 17.0 Å². The first-order valence-corrected chi connectivity index (χ1v) is 15.2. The van der Waals surface area contributed by atoms with Gasteiger partial charge in [-0.3, -0.25) is 13.9 Å². The van der Waals surface area contributed by atoms with E-state index < -0.39 is 28.5 Å². The molecule has 3 aromatic carbocycles. The summed E-state index contributed by atoms with van der Waals surface area (Å²) >= 11 is 12.9. The second-order valence-electron chi connectivity index (χ2n) is 9.97. The second-order valence-corrected chi connectivity index (χ2v) is 12.6. The zero-order valence-electron chi connectivity index (χ0n) is 23.3. The molecule has 0 fully saturated rings. The number of rotatable bonds is 11. The predicted molar refractivity (Wildman–Crippen MR) is 161 cm³/mol. The highest BCUT2D eigenvalue weighted by molar-refractivity contribution is 7.92. The molecule has 3 aromatic rings. The van der Waals surface area contributed by atoms with E-state index in [9.17, 15) is 18.0 Å². The smallest absolute Gasteiger partial charge is 0.264 e. The van der Waals surface area contributed by atoms with Crippen LogP contribution in [0.2, 0.25) is 10.0 Å². The normalized spacial score (nSPS) is 12.2. The quantitative estimate of drug-likeness (QED) is 0.285. The van der Waals surface area contributed by atoms with Gasteiger partial charge in [0.2, 0.25) is 11.8 Å². The second kappa shape index (κ2) is 13.5. The summed E-state index contributed by atoms with van der Waals surface area (Å²) < 4.78 is 28.9. The lowest BCUT2D eigenvalue weighted by molar-refractivity contribution is -0.140. The van der Waals surface area contributed by atoms with Gasteiger partial charge >= 0.3 is 0 Å². The average molecular weight is 605 g/mol. The van der Waals surface area contributed by atoms with Gasteiger partial charge < -0.3 is 10.2 Å². The standard InChI is InChI=1S/C30H35Cl2N3O4S/c1-6-28(30(37)33-20(2)3)34(18-25-26(31)11-8-12-27(25)32)29(36)19-35(23-10-7-9-22(5)17-23)40(38,39)24-15-13-21(4)14-16-24/h7-17,20,28H,6,18-19H2,1-5H3,(H,33,37)/t28-/m0/s1. The van der Waals surface area contributed by atoms with Gasteiger partial charge in [0.1, 0.15) is 12.6 Å². The van der Waals surface area contributed by atoms with Crippen LogP contribution < -0.4 is 9.62 Å². The minimum atomic E-state index is -4.14. The summed E-state index contributed by atoms with van der Waals surface area (Å²) in [5, 5.41) is 3.55. The fraction of sp³-hybridized carbons (Fsp3) is 0.333. The van der Waals surface area contributed by atoms with Crippen LogP contribution in [-0.2, 0) is 26.2 Å². The number of anilines is 1. The van der Waals surface area contributed by atoms with Gasteiger partial charge in [-0.25, -0.2) is 8.42 Å². The maximum Gasteiger partial charge on any atom is 0.264 e. The number of nitrogens with one attached hydrogen (secondary N) is 1. The minimum Gasteiger partial charge on any atom is -0.352 e. The van der Waals surface area contributed by atoms with Crippen molar-refractivity contribution in [1.29, 1.82) is 0 Å². The summed E-state index contributed by atoms with van der Waals surface area (Å²) in [4.78, 5) is 28.8. The van der Waals surface area contributed by atoms with Crippen molar-refractivity contribution in [3.8, 4) is 0 Å². The Bertz CT molecular complexity index is 1440. The molecule has 0 aliphatic carbocycles. The molecule has 0 saturated heterocycles. The van der Waals surface area contributed by atoms with Crippen LogP contribution in [0.25, 0.3) is 0 Å². The maximum absolute atomic E-state index is 14.1. The third kappa shape index (κ3) is 7.56. The van der Waals surface area contributed by atoms with Crippen molar-refractivity contribution < 1.29 is 18.0 Å². The number of amides is 2. The van der Waals surface area contributed by atoms with Crippen molar-refractivity contribution >= 4 is 50.7 Å². The Labute approximate surface area is 247 Å². The summed E-state index contributed by atoms with van der Waals surface area (Å²) in [6.45, 7) is 8.55. The number of hydrogen-bond donors (Lipinski definition) is 1. The van der Waals surface area contributed by atoms with E-state index in [4.69, 9.17) is 23.2 Å². The molecule has 0 aliphatic heterocycles. The van der Waals surface area contributed by atoms with E-state index in [0.717, 1.165) is 15.4 Å². The van der Waals surface area contributed by atoms with Crippen LogP contribution in [0.1, 0.15) is 43.9 Å². The third-order valence-electron chi connectivity index (χ3n) is 6.38. The molecule has 7 nitrogen and oxygen atoms in total. The summed E-state index contributed by atoms with van der Waals surface area (Å²) in [5.41, 5.74) is 2.54. The molecule has 0 radical (unpaired) electrons. The van der Waals surface area contributed by atoms with Gasteiger partial charge in [-0.15, -0.1) is 0 Å². The number of aryl methyl sites for hydroxylation is 2. The Morgan fingerprint density at radius 3 is 2.05 bits per heavy atom. The summed E-state index contributed by atoms with van der Waals surface area (Å²) in [5.74, 6) is -0.920. The van der Waals surface area contributed by atoms with Crippen molar-refractivity contribution in [2.24, 2.45) is 0 Å². The fourth-order valence-electron chi connectivity index (χ4n) is 4.30. The van der Waals surface area contributed by atoms with E-state index in [2.05, 4.69) is 5.32 Å². The van der Waals surface area contributed by atoms with E-state index in [0.29, 0.717) is 27.7 Å². The van der Waals surface area contributed by atoms with Crippen LogP contribution in [0.4, 0.5) is 5.69 Å². The van der Waals surface area contributed by atoms with Gasteiger partial charge in [-0.05, 0) is 76.1 Å². The molecule has 0 bridgehead atoms. The molecule has 0 spiro atoms. The molecule has 1 N–H and O–H groups in total. The number of nitrogens with zero attached hydrogens (tertiary/aromatic N) is 2. The van der Waals surface area contributed by atoms with E-state index in [-0.39, 0.29) is 23.4 Å². The Hall–Kier alpha value is -3.07. The average Bonchev–Trinajstić information content (AvgIpc) is 2.88. The summed E-state index contributed by atoms with van der Waals surface area (Å²) in [7, 11) is -4.14. The Balaban J connectivity index is 2.11. The van der Waals surface area contributed by atoms with Gasteiger partial charge in [0.25, 0.3) is 10.0 Å². The van der Waals surface area contributed by atoms with Crippen molar-refractivity contribution in [2.45, 2.75) is 64.6 Å². The van der Waals surface area contributed by atoms with E-state index in [1.807, 2.05) is 33.8 Å². The van der Waals surface area contributed by atoms with E-state index >= 15 is 0 Å². The SMILES string of the molecule is CC[C@@H](C(=O)NC(C)C)N(Cc1c(Cl)cccc1Cl)C(=O)CN(c1cccc(C)c1)S(=O)(=O)c1ccc(C)cc1. The number of hydrogen-bond acceptors (Lipinski definition) is 4. The highest BCUT2D eigenvalue weighted by Gasteiger charge is 2.34. The first kappa shape index (κ1) is 31.5. The van der Waals surface area contributed by atoms with Crippen LogP contribution in [0.15, 0.2) is 71.6 Å². The van der Waals surface area contributed by atoms with Crippen LogP contribution in [0.5, 0.6) is 0 Å². The number of sulfonamides is 1. The molecular weight excluding hydrogens is 569 g/mol. The fourth-order valence-corrected chi connectivity index (χ4v) is 6.23. The Morgan fingerprint density at radius 1 is 0.900 bits per heavy atom. The highest BCUT2D eigenvalue weighted by Crippen LogP contribution is 2.29. The van der Waals surface area contributed by atoms with Gasteiger partial charge in [-0.1, -0.05) is 66.0 Å². The monoisotopic (exact) mass is 603 g/mol. The lowest BCUT2D eigenvalue weighted by Crippen LogP contribution is -2.53. The Morgan fingerprint density at radius 2 is 1.50 bits per heavy atom. The van der Waals surface area contributed by atoms with Crippen molar-refractivity contribution in [3.63, 3.8) is 0 Å². The molecule has 40 heavy (non-hydrogen) atoms. The first-order chi connectivity index (χ1) is 18.8. The topological polar surface area (TPSA) is 86.8 Å². The zero-order valence-corrected chi connectivity index (χ0v) is 25.6. The number of carbonyl (C=O) groups is 2. The number of carbonyl (C=O) groups excluding carboxylic acids is 2. The minimum absolute atomic E-state index is 0.0534. The van der Waals surface area contributed by atoms with Gasteiger partial charge in [0.15, 0.2) is 0 Å². The molecule has 214 valence electrons. The van der Waals surface area contributed by atoms with Gasteiger partial charge in [0.05, 0.1) is 10.6 Å². The van der Waals surface area contributed by atoms with Crippen molar-refractivity contribution in [3.05, 3.63) is 93.5 Å². The van der Waals surface area contributed by atoms with E-state index in [1.54, 1.807) is 55.5 Å². The molecule has 2 amide bonds. The largest absolute Gasteiger partial charge is 0.352 e. The summed E-state index contributed by atoms with van der Waals surface area (Å²) in [6, 6.07) is 17.3. The highest BCUT2D eigenvalue weighted by atomic mass is 35.5. The third-order valence-corrected chi connectivity index (χ3v) is 8.88. The molecule has 1 atom stereocenters. The molecule has 0 saturated carbocycles. The molecule has 0 unspecified atom stereocenters. The van der Waals surface area contributed by atoms with Gasteiger partial charge in [0, 0.05) is 28.2 Å². The van der Waals surface area contributed by atoms with Crippen LogP contribution in [-0.4, -0.2) is 43.8 Å². The van der Waals surface area contributed by atoms with Crippen molar-refractivity contribution in [2.75, 3.05) is 10.8 Å². The molecule has 0 heterocycles. The lowest BCUT2D eigenvalue weighted by Gasteiger charge is -2.34. The van der Waals surface area contributed by atoms with Crippen LogP contribution >= 0.6 is 23.2 Å². The maximum atomic E-state index is 14.1. The first-order valence-electron chi connectivity index (χ1n) is 13.0. The van der Waals surface area contributed by atoms with Crippen molar-refractivity contribution in [1.82, 2.24) is 10.2 Å².